The van der Waals surface area contributed by atoms with Crippen LogP contribution >= 0.6 is 0 Å². The molecule has 5 nitrogen and oxygen atoms in total. The summed E-state index contributed by atoms with van der Waals surface area (Å²) in [5, 5.41) is 19.1. The van der Waals surface area contributed by atoms with Gasteiger partial charge in [0.05, 0.1) is 18.8 Å². The van der Waals surface area contributed by atoms with Gasteiger partial charge in [-0.2, -0.15) is 0 Å². The van der Waals surface area contributed by atoms with E-state index in [0.717, 1.165) is 0 Å². The van der Waals surface area contributed by atoms with Crippen LogP contribution in [0.1, 0.15) is 32.7 Å². The SMILES string of the molecule is O=C(c1ccccc1)c1ccccc1C(=O)N1CCC(CO)(CO)C1. The van der Waals surface area contributed by atoms with E-state index in [9.17, 15) is 19.8 Å². The summed E-state index contributed by atoms with van der Waals surface area (Å²) in [6, 6.07) is 15.6. The van der Waals surface area contributed by atoms with Gasteiger partial charge in [-0.05, 0) is 12.5 Å². The third-order valence-electron chi connectivity index (χ3n) is 4.83. The van der Waals surface area contributed by atoms with Crippen LogP contribution in [0.25, 0.3) is 0 Å². The second kappa shape index (κ2) is 7.17. The van der Waals surface area contributed by atoms with E-state index in [1.54, 1.807) is 53.4 Å². The third-order valence-corrected chi connectivity index (χ3v) is 4.83. The molecule has 1 heterocycles. The monoisotopic (exact) mass is 339 g/mol. The molecular weight excluding hydrogens is 318 g/mol. The van der Waals surface area contributed by atoms with Gasteiger partial charge in [-0.3, -0.25) is 9.59 Å². The minimum absolute atomic E-state index is 0.169. The minimum atomic E-state index is -0.659. The Morgan fingerprint density at radius 3 is 2.12 bits per heavy atom. The largest absolute Gasteiger partial charge is 0.396 e. The average Bonchev–Trinajstić information content (AvgIpc) is 3.13. The van der Waals surface area contributed by atoms with Crippen molar-refractivity contribution in [3.05, 3.63) is 71.3 Å². The second-order valence-corrected chi connectivity index (χ2v) is 6.53. The highest BCUT2D eigenvalue weighted by molar-refractivity contribution is 6.15. The predicted molar refractivity (Wildman–Crippen MR) is 93.4 cm³/mol. The number of rotatable bonds is 5. The van der Waals surface area contributed by atoms with Gasteiger partial charge in [0.25, 0.3) is 5.91 Å². The molecule has 2 aromatic rings. The van der Waals surface area contributed by atoms with E-state index in [0.29, 0.717) is 29.7 Å². The number of carbonyl (C=O) groups excluding carboxylic acids is 2. The Balaban J connectivity index is 1.89. The summed E-state index contributed by atoms with van der Waals surface area (Å²) in [6.45, 7) is 0.399. The molecule has 2 aromatic carbocycles. The lowest BCUT2D eigenvalue weighted by molar-refractivity contribution is 0.0547. The van der Waals surface area contributed by atoms with Gasteiger partial charge >= 0.3 is 0 Å². The van der Waals surface area contributed by atoms with Crippen LogP contribution in [0.2, 0.25) is 0 Å². The Morgan fingerprint density at radius 2 is 1.52 bits per heavy atom. The first-order valence-electron chi connectivity index (χ1n) is 8.30. The highest BCUT2D eigenvalue weighted by Gasteiger charge is 2.39. The lowest BCUT2D eigenvalue weighted by atomic mass is 9.89. The molecule has 0 spiro atoms. The van der Waals surface area contributed by atoms with Crippen molar-refractivity contribution in [3.63, 3.8) is 0 Å². The van der Waals surface area contributed by atoms with E-state index in [4.69, 9.17) is 0 Å². The lowest BCUT2D eigenvalue weighted by Crippen LogP contribution is -2.36. The van der Waals surface area contributed by atoms with Crippen molar-refractivity contribution in [1.29, 1.82) is 0 Å². The molecule has 0 saturated carbocycles. The molecule has 0 aromatic heterocycles. The maximum atomic E-state index is 12.9. The summed E-state index contributed by atoms with van der Waals surface area (Å²) in [4.78, 5) is 27.3. The summed E-state index contributed by atoms with van der Waals surface area (Å²) < 4.78 is 0. The van der Waals surface area contributed by atoms with Crippen LogP contribution in [0.15, 0.2) is 54.6 Å². The summed E-state index contributed by atoms with van der Waals surface area (Å²) in [5.74, 6) is -0.442. The molecule has 3 rings (SSSR count). The van der Waals surface area contributed by atoms with Crippen LogP contribution in [0.3, 0.4) is 0 Å². The first-order chi connectivity index (χ1) is 12.1. The van der Waals surface area contributed by atoms with Crippen molar-refractivity contribution in [1.82, 2.24) is 4.90 Å². The molecule has 1 fully saturated rings. The molecule has 2 N–H and O–H groups in total. The molecule has 0 aliphatic carbocycles. The van der Waals surface area contributed by atoms with Crippen LogP contribution in [-0.2, 0) is 0 Å². The minimum Gasteiger partial charge on any atom is -0.396 e. The second-order valence-electron chi connectivity index (χ2n) is 6.53. The number of benzene rings is 2. The van der Waals surface area contributed by atoms with E-state index in [2.05, 4.69) is 0 Å². The average molecular weight is 339 g/mol. The third kappa shape index (κ3) is 3.34. The van der Waals surface area contributed by atoms with Gasteiger partial charge in [0.15, 0.2) is 5.78 Å². The number of carbonyl (C=O) groups is 2. The Bertz CT molecular complexity index is 768. The van der Waals surface area contributed by atoms with Gasteiger partial charge in [0.2, 0.25) is 0 Å². The molecule has 5 heteroatoms. The van der Waals surface area contributed by atoms with Gasteiger partial charge in [-0.25, -0.2) is 0 Å². The Kier molecular flexibility index (Phi) is 4.97. The summed E-state index contributed by atoms with van der Waals surface area (Å²) in [6.07, 6.45) is 0.542. The molecule has 0 unspecified atom stereocenters. The van der Waals surface area contributed by atoms with E-state index < -0.39 is 5.41 Å². The molecule has 0 atom stereocenters. The predicted octanol–water partition coefficient (Wildman–Crippen LogP) is 1.73. The normalized spacial score (nSPS) is 16.0. The molecule has 130 valence electrons. The number of hydrogen-bond donors (Lipinski definition) is 2. The number of hydrogen-bond acceptors (Lipinski definition) is 4. The quantitative estimate of drug-likeness (QED) is 0.814. The van der Waals surface area contributed by atoms with E-state index in [1.807, 2.05) is 6.07 Å². The molecule has 1 amide bonds. The first-order valence-corrected chi connectivity index (χ1v) is 8.30. The van der Waals surface area contributed by atoms with Crippen LogP contribution in [-0.4, -0.2) is 53.1 Å². The van der Waals surface area contributed by atoms with Gasteiger partial charge in [0, 0.05) is 29.6 Å². The zero-order valence-electron chi connectivity index (χ0n) is 13.9. The molecule has 1 saturated heterocycles. The van der Waals surface area contributed by atoms with Crippen LogP contribution in [0, 0.1) is 5.41 Å². The number of amides is 1. The molecule has 1 aliphatic heterocycles. The fourth-order valence-electron chi connectivity index (χ4n) is 3.20. The summed E-state index contributed by atoms with van der Waals surface area (Å²) in [7, 11) is 0. The van der Waals surface area contributed by atoms with Crippen molar-refractivity contribution in [2.75, 3.05) is 26.3 Å². The highest BCUT2D eigenvalue weighted by Crippen LogP contribution is 2.31. The Hall–Kier alpha value is -2.50. The van der Waals surface area contributed by atoms with E-state index >= 15 is 0 Å². The molecule has 0 radical (unpaired) electrons. The zero-order chi connectivity index (χ0) is 17.9. The number of aliphatic hydroxyl groups is 2. The number of nitrogens with zero attached hydrogens (tertiary/aromatic N) is 1. The van der Waals surface area contributed by atoms with Gasteiger partial charge in [-0.15, -0.1) is 0 Å². The number of aliphatic hydroxyl groups excluding tert-OH is 2. The van der Waals surface area contributed by atoms with Gasteiger partial charge < -0.3 is 15.1 Å². The van der Waals surface area contributed by atoms with Crippen LogP contribution in [0.5, 0.6) is 0 Å². The van der Waals surface area contributed by atoms with Crippen molar-refractivity contribution in [2.45, 2.75) is 6.42 Å². The van der Waals surface area contributed by atoms with E-state index in [1.165, 1.54) is 0 Å². The Morgan fingerprint density at radius 1 is 0.920 bits per heavy atom. The fraction of sp³-hybridized carbons (Fsp3) is 0.300. The summed E-state index contributed by atoms with van der Waals surface area (Å²) in [5.41, 5.74) is 0.588. The fourth-order valence-corrected chi connectivity index (χ4v) is 3.20. The lowest BCUT2D eigenvalue weighted by Gasteiger charge is -2.24. The molecule has 1 aliphatic rings. The summed E-state index contributed by atoms with van der Waals surface area (Å²) >= 11 is 0. The van der Waals surface area contributed by atoms with Gasteiger partial charge in [-0.1, -0.05) is 48.5 Å². The topological polar surface area (TPSA) is 77.8 Å². The maximum Gasteiger partial charge on any atom is 0.254 e. The maximum absolute atomic E-state index is 12.9. The van der Waals surface area contributed by atoms with Crippen molar-refractivity contribution in [2.24, 2.45) is 5.41 Å². The molecular formula is C20H21NO4. The van der Waals surface area contributed by atoms with Crippen molar-refractivity contribution >= 4 is 11.7 Å². The smallest absolute Gasteiger partial charge is 0.254 e. The van der Waals surface area contributed by atoms with Gasteiger partial charge in [0.1, 0.15) is 0 Å². The Labute approximate surface area is 146 Å². The highest BCUT2D eigenvalue weighted by atomic mass is 16.3. The van der Waals surface area contributed by atoms with Crippen molar-refractivity contribution in [3.8, 4) is 0 Å². The van der Waals surface area contributed by atoms with Crippen molar-refractivity contribution < 1.29 is 19.8 Å². The molecule has 0 bridgehead atoms. The molecule has 25 heavy (non-hydrogen) atoms. The zero-order valence-corrected chi connectivity index (χ0v) is 13.9. The number of likely N-dealkylation sites (tertiary alicyclic amines) is 1. The van der Waals surface area contributed by atoms with E-state index in [-0.39, 0.29) is 31.4 Å². The first kappa shape index (κ1) is 17.3. The van der Waals surface area contributed by atoms with Crippen LogP contribution in [0.4, 0.5) is 0 Å². The standard InChI is InChI=1S/C20H21NO4/c22-13-20(14-23)10-11-21(12-20)19(25)17-9-5-4-8-16(17)18(24)15-6-2-1-3-7-15/h1-9,22-23H,10-14H2. The number of ketones is 1. The van der Waals surface area contributed by atoms with Crippen LogP contribution < -0.4 is 0 Å².